The van der Waals surface area contributed by atoms with Crippen molar-refractivity contribution >= 4 is 39.1 Å². The minimum Gasteiger partial charge on any atom is -0.306 e. The van der Waals surface area contributed by atoms with Crippen molar-refractivity contribution in [1.82, 2.24) is 5.32 Å². The lowest BCUT2D eigenvalue weighted by Gasteiger charge is -2.22. The Bertz CT molecular complexity index is 619. The average Bonchev–Trinajstić information content (AvgIpc) is 2.40. The van der Waals surface area contributed by atoms with E-state index in [0.29, 0.717) is 14.5 Å². The molecule has 1 N–H and O–H groups in total. The van der Waals surface area contributed by atoms with Gasteiger partial charge in [-0.15, -0.1) is 0 Å². The van der Waals surface area contributed by atoms with Crippen molar-refractivity contribution in [1.29, 1.82) is 0 Å². The summed E-state index contributed by atoms with van der Waals surface area (Å²) < 4.78 is 13.9. The van der Waals surface area contributed by atoms with Gasteiger partial charge >= 0.3 is 0 Å². The minimum atomic E-state index is -0.284. The van der Waals surface area contributed by atoms with E-state index in [1.54, 1.807) is 12.1 Å². The fourth-order valence-corrected chi connectivity index (χ4v) is 3.07. The van der Waals surface area contributed by atoms with Crippen LogP contribution in [0.2, 0.25) is 10.0 Å². The molecule has 0 spiro atoms. The highest BCUT2D eigenvalue weighted by Crippen LogP contribution is 2.35. The number of benzene rings is 2. The van der Waals surface area contributed by atoms with Gasteiger partial charge in [-0.3, -0.25) is 0 Å². The number of hydrogen-bond acceptors (Lipinski definition) is 1. The molecular weight excluding hydrogens is 364 g/mol. The van der Waals surface area contributed by atoms with Crippen LogP contribution < -0.4 is 5.32 Å². The Labute approximate surface area is 136 Å². The van der Waals surface area contributed by atoms with Gasteiger partial charge < -0.3 is 5.32 Å². The maximum absolute atomic E-state index is 13.2. The van der Waals surface area contributed by atoms with Gasteiger partial charge in [-0.05, 0) is 35.9 Å². The van der Waals surface area contributed by atoms with E-state index in [4.69, 9.17) is 23.2 Å². The zero-order valence-electron chi connectivity index (χ0n) is 10.8. The molecule has 0 aliphatic rings. The summed E-state index contributed by atoms with van der Waals surface area (Å²) in [6, 6.07) is 9.98. The molecule has 106 valence electrons. The number of halogens is 4. The van der Waals surface area contributed by atoms with E-state index in [1.165, 1.54) is 12.1 Å². The first-order valence-corrected chi connectivity index (χ1v) is 7.71. The highest BCUT2D eigenvalue weighted by Gasteiger charge is 2.19. The molecule has 1 nitrogen and oxygen atoms in total. The van der Waals surface area contributed by atoms with Crippen molar-refractivity contribution < 1.29 is 4.39 Å². The summed E-state index contributed by atoms with van der Waals surface area (Å²) in [5.41, 5.74) is 1.78. The maximum Gasteiger partial charge on any atom is 0.124 e. The molecule has 1 atom stereocenters. The van der Waals surface area contributed by atoms with Gasteiger partial charge in [0.15, 0.2) is 0 Å². The van der Waals surface area contributed by atoms with E-state index in [1.807, 2.05) is 19.1 Å². The minimum absolute atomic E-state index is 0.152. The highest BCUT2D eigenvalue weighted by atomic mass is 79.9. The predicted octanol–water partition coefficient (Wildman–Crippen LogP) is 5.59. The first-order chi connectivity index (χ1) is 9.54. The van der Waals surface area contributed by atoms with Crippen LogP contribution in [-0.4, -0.2) is 6.54 Å². The van der Waals surface area contributed by atoms with Crippen LogP contribution in [0.4, 0.5) is 4.39 Å². The summed E-state index contributed by atoms with van der Waals surface area (Å²) in [6.45, 7) is 2.75. The van der Waals surface area contributed by atoms with E-state index < -0.39 is 0 Å². The lowest BCUT2D eigenvalue weighted by Crippen LogP contribution is -2.22. The van der Waals surface area contributed by atoms with Gasteiger partial charge in [-0.25, -0.2) is 4.39 Å². The molecule has 2 aromatic rings. The molecule has 0 radical (unpaired) electrons. The third kappa shape index (κ3) is 3.34. The summed E-state index contributed by atoms with van der Waals surface area (Å²) in [7, 11) is 0. The maximum atomic E-state index is 13.2. The molecule has 0 fully saturated rings. The quantitative estimate of drug-likeness (QED) is 0.732. The standard InChI is InChI=1S/C15H13BrCl2FN/c1-2-20-15(10-7-6-9(19)8-12(10)16)11-4-3-5-13(17)14(11)18/h3-8,15,20H,2H2,1H3. The lowest BCUT2D eigenvalue weighted by molar-refractivity contribution is 0.611. The van der Waals surface area contributed by atoms with Crippen LogP contribution in [0.5, 0.6) is 0 Å². The molecule has 0 aliphatic heterocycles. The second-order valence-electron chi connectivity index (χ2n) is 4.30. The smallest absolute Gasteiger partial charge is 0.124 e. The van der Waals surface area contributed by atoms with Gasteiger partial charge in [-0.1, -0.05) is 64.3 Å². The molecule has 0 bridgehead atoms. The van der Waals surface area contributed by atoms with Gasteiger partial charge in [0, 0.05) is 4.47 Å². The fraction of sp³-hybridized carbons (Fsp3) is 0.200. The molecule has 5 heteroatoms. The first-order valence-electron chi connectivity index (χ1n) is 6.16. The molecule has 1 unspecified atom stereocenters. The van der Waals surface area contributed by atoms with Gasteiger partial charge in [0.2, 0.25) is 0 Å². The summed E-state index contributed by atoms with van der Waals surface area (Å²) in [5, 5.41) is 4.36. The first kappa shape index (κ1) is 15.8. The molecular formula is C15H13BrCl2FN. The van der Waals surface area contributed by atoms with Crippen molar-refractivity contribution in [3.63, 3.8) is 0 Å². The van der Waals surface area contributed by atoms with Gasteiger partial charge in [-0.2, -0.15) is 0 Å². The molecule has 2 aromatic carbocycles. The normalized spacial score (nSPS) is 12.4. The highest BCUT2D eigenvalue weighted by molar-refractivity contribution is 9.10. The van der Waals surface area contributed by atoms with Gasteiger partial charge in [0.25, 0.3) is 0 Å². The molecule has 20 heavy (non-hydrogen) atoms. The molecule has 0 heterocycles. The third-order valence-electron chi connectivity index (χ3n) is 2.97. The SMILES string of the molecule is CCNC(c1ccc(F)cc1Br)c1cccc(Cl)c1Cl. The van der Waals surface area contributed by atoms with Gasteiger partial charge in [0.1, 0.15) is 5.82 Å². The van der Waals surface area contributed by atoms with Crippen LogP contribution in [-0.2, 0) is 0 Å². The second kappa shape index (κ2) is 6.90. The van der Waals surface area contributed by atoms with Crippen LogP contribution in [0.25, 0.3) is 0 Å². The Balaban J connectivity index is 2.53. The topological polar surface area (TPSA) is 12.0 Å². The molecule has 0 amide bonds. The fourth-order valence-electron chi connectivity index (χ4n) is 2.07. The Kier molecular flexibility index (Phi) is 5.44. The van der Waals surface area contributed by atoms with E-state index >= 15 is 0 Å². The van der Waals surface area contributed by atoms with E-state index in [9.17, 15) is 4.39 Å². The summed E-state index contributed by atoms with van der Waals surface area (Å²) in [6.07, 6.45) is 0. The van der Waals surface area contributed by atoms with E-state index in [0.717, 1.165) is 17.7 Å². The molecule has 0 aliphatic carbocycles. The lowest BCUT2D eigenvalue weighted by atomic mass is 9.98. The number of nitrogens with one attached hydrogen (secondary N) is 1. The Morgan fingerprint density at radius 1 is 1.20 bits per heavy atom. The van der Waals surface area contributed by atoms with Crippen molar-refractivity contribution in [2.75, 3.05) is 6.54 Å². The molecule has 0 saturated heterocycles. The molecule has 0 saturated carbocycles. The predicted molar refractivity (Wildman–Crippen MR) is 86.1 cm³/mol. The zero-order valence-corrected chi connectivity index (χ0v) is 13.9. The van der Waals surface area contributed by atoms with Crippen molar-refractivity contribution in [3.05, 3.63) is 67.9 Å². The van der Waals surface area contributed by atoms with Crippen LogP contribution in [0.3, 0.4) is 0 Å². The Morgan fingerprint density at radius 3 is 2.60 bits per heavy atom. The monoisotopic (exact) mass is 375 g/mol. The second-order valence-corrected chi connectivity index (χ2v) is 5.94. The van der Waals surface area contributed by atoms with Gasteiger partial charge in [0.05, 0.1) is 16.1 Å². The average molecular weight is 377 g/mol. The van der Waals surface area contributed by atoms with Crippen molar-refractivity contribution in [2.24, 2.45) is 0 Å². The summed E-state index contributed by atoms with van der Waals surface area (Å²) in [5.74, 6) is -0.284. The summed E-state index contributed by atoms with van der Waals surface area (Å²) >= 11 is 15.8. The zero-order chi connectivity index (χ0) is 14.7. The largest absolute Gasteiger partial charge is 0.306 e. The Morgan fingerprint density at radius 2 is 1.95 bits per heavy atom. The van der Waals surface area contributed by atoms with Crippen LogP contribution in [0, 0.1) is 5.82 Å². The van der Waals surface area contributed by atoms with Crippen molar-refractivity contribution in [2.45, 2.75) is 13.0 Å². The summed E-state index contributed by atoms with van der Waals surface area (Å²) in [4.78, 5) is 0. The van der Waals surface area contributed by atoms with E-state index in [-0.39, 0.29) is 11.9 Å². The van der Waals surface area contributed by atoms with Crippen LogP contribution >= 0.6 is 39.1 Å². The van der Waals surface area contributed by atoms with Crippen LogP contribution in [0.1, 0.15) is 24.1 Å². The Hall–Kier alpha value is -0.610. The number of rotatable bonds is 4. The van der Waals surface area contributed by atoms with E-state index in [2.05, 4.69) is 21.2 Å². The third-order valence-corrected chi connectivity index (χ3v) is 4.49. The number of hydrogen-bond donors (Lipinski definition) is 1. The van der Waals surface area contributed by atoms with Crippen molar-refractivity contribution in [3.8, 4) is 0 Å². The molecule has 2 rings (SSSR count). The molecule has 0 aromatic heterocycles. The van der Waals surface area contributed by atoms with Crippen LogP contribution in [0.15, 0.2) is 40.9 Å².